The first-order valence-corrected chi connectivity index (χ1v) is 11.8. The molecule has 0 spiro atoms. The molecule has 1 N–H and O–H groups in total. The summed E-state index contributed by atoms with van der Waals surface area (Å²) in [5.41, 5.74) is 0.570. The van der Waals surface area contributed by atoms with Crippen LogP contribution in [0.1, 0.15) is 68.2 Å². The van der Waals surface area contributed by atoms with Crippen molar-refractivity contribution in [1.29, 1.82) is 5.26 Å². The van der Waals surface area contributed by atoms with Gasteiger partial charge in [-0.05, 0) is 50.7 Å². The average Bonchev–Trinajstić information content (AvgIpc) is 3.40. The first kappa shape index (κ1) is 20.7. The highest BCUT2D eigenvalue weighted by atomic mass is 16.2. The van der Waals surface area contributed by atoms with E-state index in [1.807, 2.05) is 11.0 Å². The van der Waals surface area contributed by atoms with E-state index < -0.39 is 0 Å². The zero-order valence-corrected chi connectivity index (χ0v) is 18.4. The largest absolute Gasteiger partial charge is 0.356 e. The highest BCUT2D eigenvalue weighted by molar-refractivity contribution is 5.75. The molecular weight excluding hydrogens is 404 g/mol. The van der Waals surface area contributed by atoms with Crippen LogP contribution >= 0.6 is 0 Å². The molecule has 1 unspecified atom stereocenters. The van der Waals surface area contributed by atoms with Crippen molar-refractivity contribution in [1.82, 2.24) is 30.0 Å². The predicted octanol–water partition coefficient (Wildman–Crippen LogP) is 2.79. The molecular formula is C23H30N8O. The van der Waals surface area contributed by atoms with Gasteiger partial charge in [-0.15, -0.1) is 10.2 Å². The van der Waals surface area contributed by atoms with Crippen LogP contribution in [0.15, 0.2) is 18.3 Å². The number of anilines is 1. The molecule has 2 saturated heterocycles. The molecule has 3 aliphatic heterocycles. The fourth-order valence-electron chi connectivity index (χ4n) is 5.18. The van der Waals surface area contributed by atoms with Gasteiger partial charge in [0, 0.05) is 44.8 Å². The van der Waals surface area contributed by atoms with E-state index in [0.717, 1.165) is 82.2 Å². The molecule has 2 aromatic heterocycles. The van der Waals surface area contributed by atoms with Gasteiger partial charge in [0.1, 0.15) is 17.7 Å². The summed E-state index contributed by atoms with van der Waals surface area (Å²) in [4.78, 5) is 21.8. The van der Waals surface area contributed by atoms with E-state index in [-0.39, 0.29) is 18.1 Å². The summed E-state index contributed by atoms with van der Waals surface area (Å²) in [7, 11) is 0. The summed E-state index contributed by atoms with van der Waals surface area (Å²) in [5, 5.41) is 21.2. The summed E-state index contributed by atoms with van der Waals surface area (Å²) in [6.45, 7) is 3.41. The van der Waals surface area contributed by atoms with Gasteiger partial charge < -0.3 is 19.7 Å². The van der Waals surface area contributed by atoms with Crippen molar-refractivity contribution in [2.45, 2.75) is 70.0 Å². The second-order valence-corrected chi connectivity index (χ2v) is 9.02. The van der Waals surface area contributed by atoms with E-state index in [1.54, 1.807) is 12.3 Å². The molecule has 168 valence electrons. The molecule has 0 aromatic carbocycles. The third kappa shape index (κ3) is 4.14. The molecule has 5 heterocycles. The Morgan fingerprint density at radius 3 is 2.69 bits per heavy atom. The van der Waals surface area contributed by atoms with Crippen molar-refractivity contribution in [3.8, 4) is 6.07 Å². The lowest BCUT2D eigenvalue weighted by Crippen LogP contribution is -2.49. The number of piperidine rings is 1. The molecule has 2 amide bonds. The van der Waals surface area contributed by atoms with Gasteiger partial charge in [0.2, 0.25) is 0 Å². The molecule has 2 aromatic rings. The quantitative estimate of drug-likeness (QED) is 0.797. The average molecular weight is 435 g/mol. The number of fused-ring (bicyclic) bond motifs is 1. The third-order valence-corrected chi connectivity index (χ3v) is 6.97. The molecule has 0 aliphatic carbocycles. The Bertz CT molecular complexity index is 986. The van der Waals surface area contributed by atoms with E-state index in [9.17, 15) is 4.79 Å². The molecule has 32 heavy (non-hydrogen) atoms. The predicted molar refractivity (Wildman–Crippen MR) is 119 cm³/mol. The van der Waals surface area contributed by atoms with Crippen molar-refractivity contribution >= 4 is 11.8 Å². The Hall–Kier alpha value is -3.15. The van der Waals surface area contributed by atoms with Crippen molar-refractivity contribution < 1.29 is 4.79 Å². The van der Waals surface area contributed by atoms with Gasteiger partial charge >= 0.3 is 6.03 Å². The Balaban J connectivity index is 1.19. The van der Waals surface area contributed by atoms with Gasteiger partial charge in [0.15, 0.2) is 5.82 Å². The lowest BCUT2D eigenvalue weighted by molar-refractivity contribution is 0.183. The fourth-order valence-corrected chi connectivity index (χ4v) is 5.18. The smallest absolute Gasteiger partial charge is 0.318 e. The molecule has 2 fully saturated rings. The summed E-state index contributed by atoms with van der Waals surface area (Å²) in [6, 6.07) is 6.01. The van der Waals surface area contributed by atoms with E-state index in [0.29, 0.717) is 5.56 Å². The number of aromatic nitrogens is 4. The van der Waals surface area contributed by atoms with E-state index in [2.05, 4.69) is 36.0 Å². The van der Waals surface area contributed by atoms with Crippen LogP contribution in [0.4, 0.5) is 10.6 Å². The highest BCUT2D eigenvalue weighted by Gasteiger charge is 2.35. The first-order chi connectivity index (χ1) is 15.7. The van der Waals surface area contributed by atoms with Gasteiger partial charge in [0.05, 0.1) is 11.6 Å². The lowest BCUT2D eigenvalue weighted by Gasteiger charge is -2.34. The van der Waals surface area contributed by atoms with Crippen LogP contribution in [-0.2, 0) is 13.0 Å². The number of nitrogens with one attached hydrogen (secondary N) is 1. The van der Waals surface area contributed by atoms with Crippen LogP contribution in [0.2, 0.25) is 0 Å². The highest BCUT2D eigenvalue weighted by Crippen LogP contribution is 2.32. The normalized spacial score (nSPS) is 21.7. The van der Waals surface area contributed by atoms with Gasteiger partial charge in [-0.2, -0.15) is 5.26 Å². The SMILES string of the molecule is N#Cc1ccc(N2CCC(NC(=O)N3CCCC3c3nnc4n3CCCCC4)CC2)nc1. The van der Waals surface area contributed by atoms with E-state index in [4.69, 9.17) is 5.26 Å². The van der Waals surface area contributed by atoms with E-state index >= 15 is 0 Å². The van der Waals surface area contributed by atoms with Crippen molar-refractivity contribution in [2.24, 2.45) is 0 Å². The van der Waals surface area contributed by atoms with Crippen LogP contribution in [0.5, 0.6) is 0 Å². The maximum Gasteiger partial charge on any atom is 0.318 e. The van der Waals surface area contributed by atoms with Crippen molar-refractivity contribution in [2.75, 3.05) is 24.5 Å². The third-order valence-electron chi connectivity index (χ3n) is 6.97. The van der Waals surface area contributed by atoms with Crippen LogP contribution in [0, 0.1) is 11.3 Å². The minimum atomic E-state index is 0.0217. The molecule has 0 radical (unpaired) electrons. The summed E-state index contributed by atoms with van der Waals surface area (Å²) >= 11 is 0. The number of urea groups is 1. The standard InChI is InChI=1S/C23H30N8O/c24-15-17-7-8-20(25-16-17)29-13-9-18(10-14-29)26-23(32)30-12-4-5-19(30)22-28-27-21-6-2-1-3-11-31(21)22/h7-8,16,18-19H,1-6,9-14H2,(H,26,32). The number of hydrogen-bond acceptors (Lipinski definition) is 6. The zero-order chi connectivity index (χ0) is 21.9. The molecule has 5 rings (SSSR count). The summed E-state index contributed by atoms with van der Waals surface area (Å²) < 4.78 is 2.27. The first-order valence-electron chi connectivity index (χ1n) is 11.8. The number of nitriles is 1. The number of carbonyl (C=O) groups is 1. The van der Waals surface area contributed by atoms with E-state index in [1.165, 1.54) is 12.8 Å². The second-order valence-electron chi connectivity index (χ2n) is 9.02. The number of amides is 2. The summed E-state index contributed by atoms with van der Waals surface area (Å²) in [5.74, 6) is 2.94. The number of pyridine rings is 1. The van der Waals surface area contributed by atoms with Crippen LogP contribution in [0.3, 0.4) is 0 Å². The monoisotopic (exact) mass is 434 g/mol. The lowest BCUT2D eigenvalue weighted by atomic mass is 10.1. The summed E-state index contributed by atoms with van der Waals surface area (Å²) in [6.07, 6.45) is 9.87. The Morgan fingerprint density at radius 1 is 1.03 bits per heavy atom. The molecule has 9 nitrogen and oxygen atoms in total. The Labute approximate surface area is 188 Å². The van der Waals surface area contributed by atoms with Gasteiger partial charge in [-0.3, -0.25) is 0 Å². The number of hydrogen-bond donors (Lipinski definition) is 1. The molecule has 9 heteroatoms. The van der Waals surface area contributed by atoms with Gasteiger partial charge in [-0.25, -0.2) is 9.78 Å². The topological polar surface area (TPSA) is 103 Å². The van der Waals surface area contributed by atoms with Crippen LogP contribution in [0.25, 0.3) is 0 Å². The minimum absolute atomic E-state index is 0.0217. The second kappa shape index (κ2) is 9.15. The number of rotatable bonds is 3. The zero-order valence-electron chi connectivity index (χ0n) is 18.4. The van der Waals surface area contributed by atoms with Crippen LogP contribution in [-0.4, -0.2) is 56.4 Å². The molecule has 0 bridgehead atoms. The van der Waals surface area contributed by atoms with Crippen LogP contribution < -0.4 is 10.2 Å². The molecule has 0 saturated carbocycles. The fraction of sp³-hybridized carbons (Fsp3) is 0.609. The maximum absolute atomic E-state index is 13.2. The Morgan fingerprint density at radius 2 is 1.91 bits per heavy atom. The van der Waals surface area contributed by atoms with Crippen molar-refractivity contribution in [3.05, 3.63) is 35.5 Å². The number of aryl methyl sites for hydroxylation is 1. The molecule has 3 aliphatic rings. The number of likely N-dealkylation sites (tertiary alicyclic amines) is 1. The minimum Gasteiger partial charge on any atom is -0.356 e. The van der Waals surface area contributed by atoms with Gasteiger partial charge in [-0.1, -0.05) is 6.42 Å². The molecule has 1 atom stereocenters. The number of carbonyl (C=O) groups excluding carboxylic acids is 1. The maximum atomic E-state index is 13.2. The Kier molecular flexibility index (Phi) is 5.93. The van der Waals surface area contributed by atoms with Gasteiger partial charge in [0.25, 0.3) is 0 Å². The number of nitrogens with zero attached hydrogens (tertiary/aromatic N) is 7. The van der Waals surface area contributed by atoms with Crippen molar-refractivity contribution in [3.63, 3.8) is 0 Å².